The summed E-state index contributed by atoms with van der Waals surface area (Å²) in [5.41, 5.74) is 0.309. The molecule has 2 aromatic heterocycles. The van der Waals surface area contributed by atoms with Crippen LogP contribution in [0.1, 0.15) is 20.8 Å². The van der Waals surface area contributed by atoms with E-state index in [2.05, 4.69) is 14.7 Å². The molecule has 0 radical (unpaired) electrons. The molecule has 0 unspecified atom stereocenters. The zero-order chi connectivity index (χ0) is 14.7. The monoisotopic (exact) mass is 276 g/mol. The first-order valence-corrected chi connectivity index (χ1v) is 5.47. The molecule has 0 fully saturated rings. The van der Waals surface area contributed by atoms with Crippen LogP contribution in [0.5, 0.6) is 0 Å². The maximum absolute atomic E-state index is 12.8. The number of hydrogen-bond donors (Lipinski definition) is 1. The molecule has 0 bridgehead atoms. The first kappa shape index (κ1) is 13.6. The van der Waals surface area contributed by atoms with Gasteiger partial charge in [0.1, 0.15) is 5.69 Å². The van der Waals surface area contributed by atoms with Gasteiger partial charge in [0, 0.05) is 11.8 Å². The second-order valence-corrected chi connectivity index (χ2v) is 3.79. The number of methoxy groups -OCH3 is 1. The Morgan fingerprint density at radius 2 is 2.05 bits per heavy atom. The number of hydrogen-bond acceptors (Lipinski definition) is 5. The number of halogens is 1. The Hall–Kier alpha value is -2.83. The lowest BCUT2D eigenvalue weighted by Gasteiger charge is -2.05. The van der Waals surface area contributed by atoms with Gasteiger partial charge >= 0.3 is 11.9 Å². The van der Waals surface area contributed by atoms with E-state index in [-0.39, 0.29) is 17.0 Å². The summed E-state index contributed by atoms with van der Waals surface area (Å²) >= 11 is 0. The van der Waals surface area contributed by atoms with Gasteiger partial charge in [0.05, 0.1) is 18.4 Å². The number of aromatic carboxylic acids is 1. The summed E-state index contributed by atoms with van der Waals surface area (Å²) in [7, 11) is 1.18. The van der Waals surface area contributed by atoms with Crippen molar-refractivity contribution in [1.29, 1.82) is 0 Å². The molecule has 1 N–H and O–H groups in total. The summed E-state index contributed by atoms with van der Waals surface area (Å²) in [6.45, 7) is 0. The molecule has 0 saturated carbocycles. The molecule has 0 aromatic carbocycles. The molecule has 0 aliphatic heterocycles. The van der Waals surface area contributed by atoms with Gasteiger partial charge in [-0.05, 0) is 24.3 Å². The number of carbonyl (C=O) groups excluding carboxylic acids is 1. The lowest BCUT2D eigenvalue weighted by Crippen LogP contribution is -2.08. The zero-order valence-electron chi connectivity index (χ0n) is 10.3. The molecule has 0 spiro atoms. The molecule has 102 valence electrons. The fourth-order valence-electron chi connectivity index (χ4n) is 1.55. The van der Waals surface area contributed by atoms with Crippen LogP contribution in [0.4, 0.5) is 4.39 Å². The quantitative estimate of drug-likeness (QED) is 0.678. The molecular weight excluding hydrogens is 267 g/mol. The summed E-state index contributed by atoms with van der Waals surface area (Å²) in [5, 5.41) is 8.99. The molecule has 0 atom stereocenters. The van der Waals surface area contributed by atoms with E-state index in [9.17, 15) is 14.0 Å². The number of esters is 1. The highest BCUT2D eigenvalue weighted by atomic mass is 19.1. The van der Waals surface area contributed by atoms with Gasteiger partial charge in [0.25, 0.3) is 0 Å². The van der Waals surface area contributed by atoms with Crippen LogP contribution >= 0.6 is 0 Å². The average molecular weight is 276 g/mol. The van der Waals surface area contributed by atoms with Crippen molar-refractivity contribution < 1.29 is 23.8 Å². The Bertz CT molecular complexity index is 671. The van der Waals surface area contributed by atoms with E-state index in [1.165, 1.54) is 25.4 Å². The van der Waals surface area contributed by atoms with E-state index in [0.717, 1.165) is 12.1 Å². The average Bonchev–Trinajstić information content (AvgIpc) is 2.46. The smallest absolute Gasteiger partial charge is 0.354 e. The van der Waals surface area contributed by atoms with E-state index in [4.69, 9.17) is 5.11 Å². The predicted octanol–water partition coefficient (Wildman–Crippen LogP) is 1.77. The molecule has 2 aromatic rings. The lowest BCUT2D eigenvalue weighted by atomic mass is 10.1. The van der Waals surface area contributed by atoms with Crippen molar-refractivity contribution in [3.8, 4) is 11.3 Å². The molecular formula is C13H9FN2O4. The summed E-state index contributed by atoms with van der Waals surface area (Å²) in [4.78, 5) is 29.9. The van der Waals surface area contributed by atoms with Crippen molar-refractivity contribution in [3.05, 3.63) is 47.7 Å². The Morgan fingerprint density at radius 1 is 1.30 bits per heavy atom. The molecule has 6 nitrogen and oxygen atoms in total. The van der Waals surface area contributed by atoms with Gasteiger partial charge in [-0.15, -0.1) is 0 Å². The highest BCUT2D eigenvalue weighted by molar-refractivity contribution is 5.94. The third-order valence-electron chi connectivity index (χ3n) is 2.49. The Labute approximate surface area is 112 Å². The van der Waals surface area contributed by atoms with Crippen molar-refractivity contribution in [2.45, 2.75) is 0 Å². The third kappa shape index (κ3) is 2.77. The van der Waals surface area contributed by atoms with Gasteiger partial charge in [-0.25, -0.2) is 19.6 Å². The Morgan fingerprint density at radius 3 is 2.60 bits per heavy atom. The summed E-state index contributed by atoms with van der Waals surface area (Å²) in [6.07, 6.45) is 1.20. The van der Waals surface area contributed by atoms with Crippen LogP contribution in [-0.2, 0) is 4.74 Å². The molecule has 20 heavy (non-hydrogen) atoms. The van der Waals surface area contributed by atoms with Crippen molar-refractivity contribution in [2.75, 3.05) is 7.11 Å². The van der Waals surface area contributed by atoms with Gasteiger partial charge in [-0.3, -0.25) is 0 Å². The van der Waals surface area contributed by atoms with Gasteiger partial charge in [-0.1, -0.05) is 0 Å². The second-order valence-electron chi connectivity index (χ2n) is 3.79. The number of carboxylic acid groups (broad SMARTS) is 1. The van der Waals surface area contributed by atoms with E-state index in [0.29, 0.717) is 5.56 Å². The summed E-state index contributed by atoms with van der Waals surface area (Å²) < 4.78 is 17.3. The highest BCUT2D eigenvalue weighted by Crippen LogP contribution is 2.19. The lowest BCUT2D eigenvalue weighted by molar-refractivity contribution is 0.0600. The molecule has 7 heteroatoms. The molecule has 2 rings (SSSR count). The second kappa shape index (κ2) is 5.43. The third-order valence-corrected chi connectivity index (χ3v) is 2.49. The zero-order valence-corrected chi connectivity index (χ0v) is 10.3. The maximum Gasteiger partial charge on any atom is 0.354 e. The molecule has 0 aliphatic carbocycles. The topological polar surface area (TPSA) is 89.4 Å². The number of pyridine rings is 2. The van der Waals surface area contributed by atoms with Gasteiger partial charge in [-0.2, -0.15) is 4.39 Å². The first-order chi connectivity index (χ1) is 9.51. The number of carbonyl (C=O) groups is 2. The van der Waals surface area contributed by atoms with Gasteiger partial charge < -0.3 is 9.84 Å². The number of rotatable bonds is 3. The Balaban J connectivity index is 2.57. The SMILES string of the molecule is COC(=O)c1cc(C(=O)O)nc(-c2ccc(F)nc2)c1. The minimum absolute atomic E-state index is 0.0409. The van der Waals surface area contributed by atoms with E-state index >= 15 is 0 Å². The summed E-state index contributed by atoms with van der Waals surface area (Å²) in [5.74, 6) is -2.64. The van der Waals surface area contributed by atoms with Crippen LogP contribution in [0.3, 0.4) is 0 Å². The first-order valence-electron chi connectivity index (χ1n) is 5.47. The Kier molecular flexibility index (Phi) is 3.69. The molecule has 0 amide bonds. The van der Waals surface area contributed by atoms with Crippen molar-refractivity contribution in [1.82, 2.24) is 9.97 Å². The normalized spacial score (nSPS) is 10.1. The van der Waals surface area contributed by atoms with Crippen molar-refractivity contribution in [2.24, 2.45) is 0 Å². The van der Waals surface area contributed by atoms with Crippen LogP contribution in [0.2, 0.25) is 0 Å². The van der Waals surface area contributed by atoms with Crippen molar-refractivity contribution >= 4 is 11.9 Å². The number of aromatic nitrogens is 2. The van der Waals surface area contributed by atoms with E-state index in [1.807, 2.05) is 0 Å². The van der Waals surface area contributed by atoms with E-state index < -0.39 is 17.9 Å². The van der Waals surface area contributed by atoms with Crippen LogP contribution < -0.4 is 0 Å². The minimum Gasteiger partial charge on any atom is -0.477 e. The number of ether oxygens (including phenoxy) is 1. The summed E-state index contributed by atoms with van der Waals surface area (Å²) in [6, 6.07) is 4.96. The van der Waals surface area contributed by atoms with Crippen LogP contribution in [0.25, 0.3) is 11.3 Å². The van der Waals surface area contributed by atoms with Crippen molar-refractivity contribution in [3.63, 3.8) is 0 Å². The fourth-order valence-corrected chi connectivity index (χ4v) is 1.55. The highest BCUT2D eigenvalue weighted by Gasteiger charge is 2.15. The van der Waals surface area contributed by atoms with Gasteiger partial charge in [0.2, 0.25) is 5.95 Å². The fraction of sp³-hybridized carbons (Fsp3) is 0.0769. The maximum atomic E-state index is 12.8. The van der Waals surface area contributed by atoms with Crippen LogP contribution in [0, 0.1) is 5.95 Å². The van der Waals surface area contributed by atoms with E-state index in [1.54, 1.807) is 0 Å². The number of carboxylic acids is 1. The predicted molar refractivity (Wildman–Crippen MR) is 65.7 cm³/mol. The standard InChI is InChI=1S/C13H9FN2O4/c1-20-13(19)8-4-9(16-10(5-8)12(17)18)7-2-3-11(14)15-6-7/h2-6H,1H3,(H,17,18). The molecule has 0 aliphatic rings. The number of nitrogens with zero attached hydrogens (tertiary/aromatic N) is 2. The van der Waals surface area contributed by atoms with Crippen LogP contribution in [0.15, 0.2) is 30.5 Å². The van der Waals surface area contributed by atoms with Crippen LogP contribution in [-0.4, -0.2) is 34.1 Å². The van der Waals surface area contributed by atoms with Gasteiger partial charge in [0.15, 0.2) is 0 Å². The largest absolute Gasteiger partial charge is 0.477 e. The molecule has 2 heterocycles. The minimum atomic E-state index is -1.29. The molecule has 0 saturated heterocycles.